The second kappa shape index (κ2) is 7.88. The molecular formula is C25H20N6O2. The van der Waals surface area contributed by atoms with Gasteiger partial charge in [-0.15, -0.1) is 0 Å². The Labute approximate surface area is 189 Å². The lowest BCUT2D eigenvalue weighted by Crippen LogP contribution is -2.21. The fourth-order valence-corrected chi connectivity index (χ4v) is 4.11. The molecule has 4 heterocycles. The summed E-state index contributed by atoms with van der Waals surface area (Å²) in [6.07, 6.45) is 5.85. The van der Waals surface area contributed by atoms with E-state index in [4.69, 9.17) is 4.74 Å². The molecule has 8 heteroatoms. The fraction of sp³-hybridized carbons (Fsp3) is 0.160. The van der Waals surface area contributed by atoms with Gasteiger partial charge in [0.05, 0.1) is 29.9 Å². The summed E-state index contributed by atoms with van der Waals surface area (Å²) < 4.78 is 8.59. The minimum Gasteiger partial charge on any atom is -0.479 e. The van der Waals surface area contributed by atoms with Crippen LogP contribution < -0.4 is 10.4 Å². The van der Waals surface area contributed by atoms with Gasteiger partial charge in [-0.25, -0.2) is 14.8 Å². The van der Waals surface area contributed by atoms with E-state index >= 15 is 0 Å². The summed E-state index contributed by atoms with van der Waals surface area (Å²) in [5.74, 6) is 0.347. The first-order valence-electron chi connectivity index (χ1n) is 10.5. The zero-order chi connectivity index (χ0) is 23.1. The summed E-state index contributed by atoms with van der Waals surface area (Å²) in [6.45, 7) is 2.05. The summed E-state index contributed by atoms with van der Waals surface area (Å²) in [5.41, 5.74) is 5.38. The van der Waals surface area contributed by atoms with E-state index in [2.05, 4.69) is 21.0 Å². The van der Waals surface area contributed by atoms with Gasteiger partial charge in [0.1, 0.15) is 17.5 Å². The first kappa shape index (κ1) is 20.4. The zero-order valence-corrected chi connectivity index (χ0v) is 18.4. The highest BCUT2D eigenvalue weighted by atomic mass is 16.5. The molecule has 0 aliphatic heterocycles. The highest BCUT2D eigenvalue weighted by Gasteiger charge is 2.20. The van der Waals surface area contributed by atoms with E-state index in [0.717, 1.165) is 34.0 Å². The molecule has 5 rings (SSSR count). The maximum Gasteiger partial charge on any atom is 0.333 e. The highest BCUT2D eigenvalue weighted by Crippen LogP contribution is 2.32. The molecule has 0 aliphatic rings. The Morgan fingerprint density at radius 1 is 1.12 bits per heavy atom. The number of aromatic nitrogens is 5. The van der Waals surface area contributed by atoms with Crippen molar-refractivity contribution >= 4 is 21.9 Å². The third-order valence-electron chi connectivity index (χ3n) is 5.84. The number of fused-ring (bicyclic) bond motifs is 3. The minimum absolute atomic E-state index is 0.233. The molecule has 4 aromatic heterocycles. The van der Waals surface area contributed by atoms with Crippen molar-refractivity contribution in [1.82, 2.24) is 24.1 Å². The van der Waals surface area contributed by atoms with Gasteiger partial charge in [-0.1, -0.05) is 13.0 Å². The summed E-state index contributed by atoms with van der Waals surface area (Å²) >= 11 is 0. The van der Waals surface area contributed by atoms with Crippen molar-refractivity contribution in [3.63, 3.8) is 0 Å². The molecule has 5 aromatic rings. The van der Waals surface area contributed by atoms with Gasteiger partial charge in [0, 0.05) is 30.4 Å². The fourth-order valence-electron chi connectivity index (χ4n) is 4.11. The van der Waals surface area contributed by atoms with Crippen LogP contribution in [-0.4, -0.2) is 31.2 Å². The van der Waals surface area contributed by atoms with Crippen molar-refractivity contribution < 1.29 is 4.74 Å². The summed E-state index contributed by atoms with van der Waals surface area (Å²) in [6, 6.07) is 13.5. The molecule has 0 amide bonds. The van der Waals surface area contributed by atoms with Crippen molar-refractivity contribution in [3.8, 4) is 28.8 Å². The molecule has 1 aromatic carbocycles. The molecule has 33 heavy (non-hydrogen) atoms. The van der Waals surface area contributed by atoms with Crippen LogP contribution in [0.3, 0.4) is 0 Å². The number of nitrogens with zero attached hydrogens (tertiary/aromatic N) is 6. The first-order valence-corrected chi connectivity index (χ1v) is 10.5. The van der Waals surface area contributed by atoms with Gasteiger partial charge in [-0.3, -0.25) is 14.1 Å². The number of rotatable bonds is 4. The molecule has 162 valence electrons. The molecule has 0 saturated heterocycles. The highest BCUT2D eigenvalue weighted by molar-refractivity contribution is 6.04. The van der Waals surface area contributed by atoms with E-state index in [1.165, 1.54) is 7.11 Å². The normalized spacial score (nSPS) is 11.1. The number of aryl methyl sites for hydroxylation is 2. The number of ether oxygens (including phenoxy) is 1. The Bertz CT molecular complexity index is 1640. The van der Waals surface area contributed by atoms with Crippen molar-refractivity contribution in [2.45, 2.75) is 13.3 Å². The lowest BCUT2D eigenvalue weighted by molar-refractivity contribution is 0.396. The smallest absolute Gasteiger partial charge is 0.333 e. The van der Waals surface area contributed by atoms with Gasteiger partial charge < -0.3 is 4.74 Å². The number of methoxy groups -OCH3 is 1. The van der Waals surface area contributed by atoms with Crippen LogP contribution in [0.15, 0.2) is 59.8 Å². The van der Waals surface area contributed by atoms with Crippen LogP contribution in [-0.2, 0) is 13.5 Å². The molecule has 0 N–H and O–H groups in total. The van der Waals surface area contributed by atoms with E-state index in [1.54, 1.807) is 46.9 Å². The maximum absolute atomic E-state index is 13.3. The molecule has 0 spiro atoms. The topological polar surface area (TPSA) is 98.6 Å². The monoisotopic (exact) mass is 436 g/mol. The van der Waals surface area contributed by atoms with Crippen molar-refractivity contribution in [2.24, 2.45) is 7.05 Å². The SMILES string of the molecule is CCc1cnc(C#N)c(-c2ccc3ncc4c(c3c2)n(-c2cccnc2OC)c(=O)n4C)c1. The van der Waals surface area contributed by atoms with Crippen LogP contribution in [0.5, 0.6) is 5.88 Å². The first-order chi connectivity index (χ1) is 16.1. The van der Waals surface area contributed by atoms with Crippen LogP contribution in [0.25, 0.3) is 38.8 Å². The van der Waals surface area contributed by atoms with Crippen molar-refractivity contribution in [2.75, 3.05) is 7.11 Å². The third kappa shape index (κ3) is 3.13. The number of imidazole rings is 1. The molecule has 0 unspecified atom stereocenters. The number of nitriles is 1. The summed E-state index contributed by atoms with van der Waals surface area (Å²) in [7, 11) is 3.24. The summed E-state index contributed by atoms with van der Waals surface area (Å²) in [4.78, 5) is 26.5. The lowest BCUT2D eigenvalue weighted by atomic mass is 9.99. The van der Waals surface area contributed by atoms with E-state index in [1.807, 2.05) is 31.2 Å². The average molecular weight is 436 g/mol. The Morgan fingerprint density at radius 2 is 1.97 bits per heavy atom. The Balaban J connectivity index is 1.89. The van der Waals surface area contributed by atoms with Crippen LogP contribution in [0.2, 0.25) is 0 Å². The quantitative estimate of drug-likeness (QED) is 0.425. The number of hydrogen-bond donors (Lipinski definition) is 0. The van der Waals surface area contributed by atoms with Gasteiger partial charge in [-0.2, -0.15) is 5.26 Å². The Kier molecular flexibility index (Phi) is 4.87. The average Bonchev–Trinajstić information content (AvgIpc) is 3.13. The predicted octanol–water partition coefficient (Wildman–Crippen LogP) is 3.78. The molecule has 0 saturated carbocycles. The van der Waals surface area contributed by atoms with E-state index in [0.29, 0.717) is 28.3 Å². The molecule has 0 fully saturated rings. The van der Waals surface area contributed by atoms with Gasteiger partial charge in [0.15, 0.2) is 0 Å². The number of benzene rings is 1. The molecule has 8 nitrogen and oxygen atoms in total. The Morgan fingerprint density at radius 3 is 2.73 bits per heavy atom. The maximum atomic E-state index is 13.3. The van der Waals surface area contributed by atoms with Crippen LogP contribution in [0.1, 0.15) is 18.2 Å². The van der Waals surface area contributed by atoms with Gasteiger partial charge >= 0.3 is 5.69 Å². The third-order valence-corrected chi connectivity index (χ3v) is 5.84. The van der Waals surface area contributed by atoms with E-state index in [9.17, 15) is 10.1 Å². The van der Waals surface area contributed by atoms with E-state index in [-0.39, 0.29) is 5.69 Å². The zero-order valence-electron chi connectivity index (χ0n) is 18.4. The van der Waals surface area contributed by atoms with Crippen LogP contribution >= 0.6 is 0 Å². The van der Waals surface area contributed by atoms with Gasteiger partial charge in [-0.05, 0) is 47.9 Å². The molecule has 0 bridgehead atoms. The second-order valence-electron chi connectivity index (χ2n) is 7.64. The van der Waals surface area contributed by atoms with Crippen molar-refractivity contribution in [1.29, 1.82) is 5.26 Å². The van der Waals surface area contributed by atoms with Crippen LogP contribution in [0, 0.1) is 11.3 Å². The van der Waals surface area contributed by atoms with Crippen molar-refractivity contribution in [3.05, 3.63) is 76.7 Å². The molecule has 0 atom stereocenters. The Hall–Kier alpha value is -4.51. The molecule has 0 aliphatic carbocycles. The summed E-state index contributed by atoms with van der Waals surface area (Å²) in [5, 5.41) is 10.4. The minimum atomic E-state index is -0.233. The number of hydrogen-bond acceptors (Lipinski definition) is 6. The molecular weight excluding hydrogens is 416 g/mol. The van der Waals surface area contributed by atoms with E-state index < -0.39 is 0 Å². The van der Waals surface area contributed by atoms with Gasteiger partial charge in [0.2, 0.25) is 5.88 Å². The molecule has 0 radical (unpaired) electrons. The van der Waals surface area contributed by atoms with Gasteiger partial charge in [0.25, 0.3) is 0 Å². The standard InChI is InChI=1S/C25H20N6O2/c1-4-15-10-17(20(12-26)28-13-15)16-7-8-19-18(11-16)23-22(14-29-19)30(2)25(32)31(23)21-6-5-9-27-24(21)33-3/h5-11,13-14H,4H2,1-3H3. The lowest BCUT2D eigenvalue weighted by Gasteiger charge is -2.11. The largest absolute Gasteiger partial charge is 0.479 e. The predicted molar refractivity (Wildman–Crippen MR) is 125 cm³/mol. The second-order valence-corrected chi connectivity index (χ2v) is 7.64. The van der Waals surface area contributed by atoms with Crippen LogP contribution in [0.4, 0.5) is 0 Å². The number of pyridine rings is 3.